The van der Waals surface area contributed by atoms with Crippen LogP contribution in [0, 0.1) is 19.7 Å². The maximum absolute atomic E-state index is 14.5. The number of aromatic nitrogens is 5. The number of hydrogen-bond donors (Lipinski definition) is 0. The van der Waals surface area contributed by atoms with Crippen LogP contribution in [-0.4, -0.2) is 73.6 Å². The Morgan fingerprint density at radius 2 is 1.87 bits per heavy atom. The van der Waals surface area contributed by atoms with Gasteiger partial charge in [-0.25, -0.2) is 19.2 Å². The molecule has 0 N–H and O–H groups in total. The van der Waals surface area contributed by atoms with E-state index < -0.39 is 17.3 Å². The Hall–Kier alpha value is -4.90. The molecule has 1 fully saturated rings. The summed E-state index contributed by atoms with van der Waals surface area (Å²) in [6.07, 6.45) is 6.78. The number of hydrogen-bond acceptors (Lipinski definition) is 8. The number of fused-ring (bicyclic) bond motifs is 1. The van der Waals surface area contributed by atoms with E-state index in [4.69, 9.17) is 26.3 Å². The minimum Gasteiger partial charge on any atom is -0.465 e. The molecule has 1 saturated heterocycles. The van der Waals surface area contributed by atoms with Crippen molar-refractivity contribution < 1.29 is 18.7 Å². The lowest BCUT2D eigenvalue weighted by atomic mass is 9.97. The molecule has 0 saturated carbocycles. The Morgan fingerprint density at radius 1 is 1.07 bits per heavy atom. The number of pyridine rings is 2. The van der Waals surface area contributed by atoms with Gasteiger partial charge >= 0.3 is 5.97 Å². The number of methoxy groups -OCH3 is 1. The van der Waals surface area contributed by atoms with Crippen LogP contribution in [0.2, 0.25) is 5.02 Å². The first-order valence-corrected chi connectivity index (χ1v) is 15.2. The summed E-state index contributed by atoms with van der Waals surface area (Å²) in [5.74, 6) is -0.380. The Kier molecular flexibility index (Phi) is 8.20. The predicted octanol–water partition coefficient (Wildman–Crippen LogP) is 5.87. The predicted molar refractivity (Wildman–Crippen MR) is 174 cm³/mol. The van der Waals surface area contributed by atoms with E-state index in [-0.39, 0.29) is 10.9 Å². The first-order valence-electron chi connectivity index (χ1n) is 14.8. The van der Waals surface area contributed by atoms with Gasteiger partial charge in [-0.3, -0.25) is 14.8 Å². The molecular formula is C34H33ClFN7O3. The summed E-state index contributed by atoms with van der Waals surface area (Å²) in [4.78, 5) is 48.4. The maximum Gasteiger partial charge on any atom is 0.339 e. The molecule has 0 atom stereocenters. The van der Waals surface area contributed by atoms with Gasteiger partial charge in [-0.05, 0) is 69.2 Å². The van der Waals surface area contributed by atoms with Crippen LogP contribution in [0.25, 0.3) is 22.2 Å². The zero-order valence-corrected chi connectivity index (χ0v) is 27.0. The highest BCUT2D eigenvalue weighted by molar-refractivity contribution is 6.30. The highest BCUT2D eigenvalue weighted by Crippen LogP contribution is 2.33. The average molecular weight is 642 g/mol. The van der Waals surface area contributed by atoms with Crippen LogP contribution in [0.4, 0.5) is 10.2 Å². The largest absolute Gasteiger partial charge is 0.465 e. The fourth-order valence-electron chi connectivity index (χ4n) is 6.13. The number of nitrogens with zero attached hydrogens (tertiary/aromatic N) is 7. The third kappa shape index (κ3) is 5.78. The topological polar surface area (TPSA) is 106 Å². The van der Waals surface area contributed by atoms with Crippen LogP contribution in [0.1, 0.15) is 51.6 Å². The summed E-state index contributed by atoms with van der Waals surface area (Å²) in [6, 6.07) is 10.1. The molecule has 0 unspecified atom stereocenters. The van der Waals surface area contributed by atoms with Gasteiger partial charge < -0.3 is 19.1 Å². The molecule has 0 radical (unpaired) electrons. The van der Waals surface area contributed by atoms with Crippen molar-refractivity contribution in [3.63, 3.8) is 0 Å². The Morgan fingerprint density at radius 3 is 2.54 bits per heavy atom. The van der Waals surface area contributed by atoms with E-state index in [0.29, 0.717) is 60.0 Å². The highest BCUT2D eigenvalue weighted by Gasteiger charge is 2.38. The normalized spacial score (nSPS) is 14.5. The molecule has 1 aliphatic rings. The lowest BCUT2D eigenvalue weighted by molar-refractivity contribution is 0.0506. The maximum atomic E-state index is 14.5. The molecule has 0 aliphatic carbocycles. The quantitative estimate of drug-likeness (QED) is 0.212. The van der Waals surface area contributed by atoms with Crippen LogP contribution >= 0.6 is 11.6 Å². The zero-order chi connectivity index (χ0) is 32.7. The molecule has 0 spiro atoms. The summed E-state index contributed by atoms with van der Waals surface area (Å²) < 4.78 is 21.3. The van der Waals surface area contributed by atoms with Crippen LogP contribution < -0.4 is 4.90 Å². The van der Waals surface area contributed by atoms with Gasteiger partial charge in [0, 0.05) is 49.2 Å². The van der Waals surface area contributed by atoms with E-state index in [2.05, 4.69) is 14.9 Å². The third-order valence-electron chi connectivity index (χ3n) is 8.37. The highest BCUT2D eigenvalue weighted by atomic mass is 35.5. The second kappa shape index (κ2) is 12.1. The van der Waals surface area contributed by atoms with Crippen molar-refractivity contribution in [3.05, 3.63) is 100 Å². The van der Waals surface area contributed by atoms with E-state index in [9.17, 15) is 14.0 Å². The SMILES string of the molecule is COC(=O)c1c(C)cc(N2CCN(C(=O)c3ccc4c(-c5ccc(Cl)c(F)c5)cn(Cc5cnccn5)c4n3)C(C)(C)C2)nc1C. The first kappa shape index (κ1) is 31.1. The van der Waals surface area contributed by atoms with Crippen molar-refractivity contribution in [2.24, 2.45) is 0 Å². The summed E-state index contributed by atoms with van der Waals surface area (Å²) in [5.41, 5.74) is 4.26. The van der Waals surface area contributed by atoms with Crippen molar-refractivity contribution in [2.45, 2.75) is 39.8 Å². The summed E-state index contributed by atoms with van der Waals surface area (Å²) in [6.45, 7) is 9.58. The summed E-state index contributed by atoms with van der Waals surface area (Å²) >= 11 is 5.96. The molecule has 0 bridgehead atoms. The van der Waals surface area contributed by atoms with Crippen molar-refractivity contribution >= 4 is 40.3 Å². The van der Waals surface area contributed by atoms with Crippen LogP contribution in [0.3, 0.4) is 0 Å². The molecule has 4 aromatic heterocycles. The van der Waals surface area contributed by atoms with Gasteiger partial charge in [0.15, 0.2) is 0 Å². The van der Waals surface area contributed by atoms with Crippen molar-refractivity contribution in [2.75, 3.05) is 31.6 Å². The lowest BCUT2D eigenvalue weighted by Crippen LogP contribution is -2.61. The molecule has 236 valence electrons. The minimum absolute atomic E-state index is 0.0417. The van der Waals surface area contributed by atoms with Gasteiger partial charge in [-0.15, -0.1) is 0 Å². The van der Waals surface area contributed by atoms with E-state index >= 15 is 0 Å². The minimum atomic E-state index is -0.565. The van der Waals surface area contributed by atoms with Gasteiger partial charge in [0.2, 0.25) is 0 Å². The van der Waals surface area contributed by atoms with E-state index in [1.54, 1.807) is 37.6 Å². The number of amides is 1. The molecule has 1 aromatic carbocycles. The Balaban J connectivity index is 1.32. The van der Waals surface area contributed by atoms with Crippen LogP contribution in [-0.2, 0) is 11.3 Å². The number of rotatable bonds is 6. The number of carbonyl (C=O) groups excluding carboxylic acids is 2. The molecular weight excluding hydrogens is 609 g/mol. The van der Waals surface area contributed by atoms with Gasteiger partial charge in [-0.2, -0.15) is 0 Å². The molecule has 6 rings (SSSR count). The zero-order valence-electron chi connectivity index (χ0n) is 26.2. The summed E-state index contributed by atoms with van der Waals surface area (Å²) in [5, 5.41) is 0.804. The molecule has 12 heteroatoms. The fourth-order valence-corrected chi connectivity index (χ4v) is 6.25. The number of aryl methyl sites for hydroxylation is 2. The number of anilines is 1. The van der Waals surface area contributed by atoms with Crippen LogP contribution in [0.5, 0.6) is 0 Å². The average Bonchev–Trinajstić information content (AvgIpc) is 3.38. The number of esters is 1. The Labute approximate surface area is 270 Å². The van der Waals surface area contributed by atoms with Gasteiger partial charge in [-0.1, -0.05) is 17.7 Å². The number of piperazine rings is 1. The molecule has 5 heterocycles. The standard InChI is InChI=1S/C34H33ClFN7O3/c1-20-14-29(39-21(2)30(20)33(45)46-5)41-12-13-43(34(3,4)19-41)32(44)28-9-7-24-25(22-6-8-26(35)27(36)15-22)18-42(31(24)40-28)17-23-16-37-10-11-38-23/h6-11,14-16,18H,12-13,17,19H2,1-5H3. The number of ether oxygens (including phenoxy) is 1. The van der Waals surface area contributed by atoms with Gasteiger partial charge in [0.25, 0.3) is 5.91 Å². The van der Waals surface area contributed by atoms with Crippen molar-refractivity contribution in [1.29, 1.82) is 0 Å². The van der Waals surface area contributed by atoms with Crippen molar-refractivity contribution in [3.8, 4) is 11.1 Å². The van der Waals surface area contributed by atoms with E-state index in [1.165, 1.54) is 19.2 Å². The van der Waals surface area contributed by atoms with Crippen LogP contribution in [0.15, 0.2) is 61.2 Å². The Bertz CT molecular complexity index is 1960. The van der Waals surface area contributed by atoms with Gasteiger partial charge in [0.1, 0.15) is 23.0 Å². The second-order valence-corrected chi connectivity index (χ2v) is 12.4. The molecule has 46 heavy (non-hydrogen) atoms. The smallest absolute Gasteiger partial charge is 0.339 e. The fraction of sp³-hybridized carbons (Fsp3) is 0.294. The summed E-state index contributed by atoms with van der Waals surface area (Å²) in [7, 11) is 1.36. The van der Waals surface area contributed by atoms with Crippen molar-refractivity contribution in [1.82, 2.24) is 29.4 Å². The third-order valence-corrected chi connectivity index (χ3v) is 8.67. The first-order chi connectivity index (χ1) is 22.0. The molecule has 1 amide bonds. The number of benzene rings is 1. The monoisotopic (exact) mass is 641 g/mol. The van der Waals surface area contributed by atoms with E-state index in [1.807, 2.05) is 48.6 Å². The van der Waals surface area contributed by atoms with E-state index in [0.717, 1.165) is 22.3 Å². The molecule has 1 aliphatic heterocycles. The number of halogens is 2. The second-order valence-electron chi connectivity index (χ2n) is 12.0. The van der Waals surface area contributed by atoms with Gasteiger partial charge in [0.05, 0.1) is 47.4 Å². The number of carbonyl (C=O) groups is 2. The lowest BCUT2D eigenvalue weighted by Gasteiger charge is -2.47. The molecule has 5 aromatic rings. The molecule has 10 nitrogen and oxygen atoms in total.